The Kier molecular flexibility index (Phi) is 4.49. The van der Waals surface area contributed by atoms with Crippen LogP contribution in [0.1, 0.15) is 32.2 Å². The minimum Gasteiger partial charge on any atom is -0.328 e. The molecule has 4 nitrogen and oxygen atoms in total. The second kappa shape index (κ2) is 6.70. The predicted octanol–water partition coefficient (Wildman–Crippen LogP) is 5.87. The summed E-state index contributed by atoms with van der Waals surface area (Å²) >= 11 is 12.6. The lowest BCUT2D eigenvalue weighted by Gasteiger charge is -2.19. The van der Waals surface area contributed by atoms with E-state index >= 15 is 0 Å². The van der Waals surface area contributed by atoms with Crippen LogP contribution in [0, 0.1) is 0 Å². The lowest BCUT2D eigenvalue weighted by Crippen LogP contribution is -2.18. The van der Waals surface area contributed by atoms with Crippen molar-refractivity contribution in [2.75, 3.05) is 0 Å². The van der Waals surface area contributed by atoms with E-state index in [1.807, 2.05) is 47.4 Å². The zero-order valence-corrected chi connectivity index (χ0v) is 17.0. The Labute approximate surface area is 168 Å². The van der Waals surface area contributed by atoms with Crippen LogP contribution in [-0.4, -0.2) is 19.1 Å². The minimum atomic E-state index is -0.168. The van der Waals surface area contributed by atoms with Gasteiger partial charge in [0.2, 0.25) is 0 Å². The maximum atomic E-state index is 6.40. The summed E-state index contributed by atoms with van der Waals surface area (Å²) < 4.78 is 4.12. The molecular weight excluding hydrogens is 379 g/mol. The highest BCUT2D eigenvalue weighted by molar-refractivity contribution is 6.42. The number of rotatable bonds is 3. The molecule has 6 heteroatoms. The minimum absolute atomic E-state index is 0.168. The SMILES string of the molecule is CC(C)(C)c1nc(-n2cccc2)c2ccn(Cc3cccc(Cl)c3Cl)c2n1. The Morgan fingerprint density at radius 1 is 0.926 bits per heavy atom. The van der Waals surface area contributed by atoms with Gasteiger partial charge in [0.25, 0.3) is 0 Å². The molecule has 1 aromatic carbocycles. The molecule has 0 saturated carbocycles. The third kappa shape index (κ3) is 3.35. The van der Waals surface area contributed by atoms with Crippen LogP contribution < -0.4 is 0 Å². The molecule has 0 aliphatic carbocycles. The number of hydrogen-bond acceptors (Lipinski definition) is 2. The molecule has 0 bridgehead atoms. The Bertz CT molecular complexity index is 1110. The average molecular weight is 399 g/mol. The number of fused-ring (bicyclic) bond motifs is 1. The zero-order valence-electron chi connectivity index (χ0n) is 15.4. The van der Waals surface area contributed by atoms with Crippen molar-refractivity contribution < 1.29 is 0 Å². The molecule has 0 N–H and O–H groups in total. The van der Waals surface area contributed by atoms with Crippen LogP contribution in [0.4, 0.5) is 0 Å². The van der Waals surface area contributed by atoms with Crippen molar-refractivity contribution in [2.24, 2.45) is 0 Å². The molecule has 0 spiro atoms. The molecule has 27 heavy (non-hydrogen) atoms. The Morgan fingerprint density at radius 3 is 2.37 bits per heavy atom. The first kappa shape index (κ1) is 18.1. The molecule has 0 amide bonds. The van der Waals surface area contributed by atoms with Crippen molar-refractivity contribution in [1.82, 2.24) is 19.1 Å². The summed E-state index contributed by atoms with van der Waals surface area (Å²) in [6, 6.07) is 11.7. The fourth-order valence-corrected chi connectivity index (χ4v) is 3.42. The smallest absolute Gasteiger partial charge is 0.149 e. The molecule has 0 saturated heterocycles. The normalized spacial score (nSPS) is 12.0. The van der Waals surface area contributed by atoms with Crippen molar-refractivity contribution in [1.29, 1.82) is 0 Å². The van der Waals surface area contributed by atoms with E-state index in [2.05, 4.69) is 31.4 Å². The van der Waals surface area contributed by atoms with Gasteiger partial charge in [-0.05, 0) is 29.8 Å². The van der Waals surface area contributed by atoms with E-state index in [0.29, 0.717) is 16.6 Å². The second-order valence-corrected chi connectivity index (χ2v) is 8.39. The number of halogens is 2. The molecule has 0 aliphatic rings. The van der Waals surface area contributed by atoms with Gasteiger partial charge in [-0.3, -0.25) is 0 Å². The molecule has 0 unspecified atom stereocenters. The van der Waals surface area contributed by atoms with Crippen molar-refractivity contribution in [3.05, 3.63) is 76.4 Å². The molecule has 0 aliphatic heterocycles. The van der Waals surface area contributed by atoms with Crippen LogP contribution in [0.2, 0.25) is 10.0 Å². The van der Waals surface area contributed by atoms with Gasteiger partial charge < -0.3 is 9.13 Å². The molecule has 0 fully saturated rings. The van der Waals surface area contributed by atoms with E-state index in [-0.39, 0.29) is 5.41 Å². The monoisotopic (exact) mass is 398 g/mol. The molecule has 0 atom stereocenters. The summed E-state index contributed by atoms with van der Waals surface area (Å²) in [7, 11) is 0. The van der Waals surface area contributed by atoms with Crippen LogP contribution >= 0.6 is 23.2 Å². The van der Waals surface area contributed by atoms with E-state index in [0.717, 1.165) is 28.2 Å². The van der Waals surface area contributed by atoms with Gasteiger partial charge in [-0.15, -0.1) is 0 Å². The summed E-state index contributed by atoms with van der Waals surface area (Å²) in [5, 5.41) is 2.14. The van der Waals surface area contributed by atoms with E-state index in [1.165, 1.54) is 0 Å². The van der Waals surface area contributed by atoms with Crippen LogP contribution in [0.25, 0.3) is 16.9 Å². The van der Waals surface area contributed by atoms with Gasteiger partial charge in [0.1, 0.15) is 17.3 Å². The van der Waals surface area contributed by atoms with Crippen LogP contribution in [0.15, 0.2) is 55.0 Å². The third-order valence-electron chi connectivity index (χ3n) is 4.49. The maximum Gasteiger partial charge on any atom is 0.149 e. The van der Waals surface area contributed by atoms with Crippen LogP contribution in [0.5, 0.6) is 0 Å². The number of nitrogens with zero attached hydrogens (tertiary/aromatic N) is 4. The highest BCUT2D eigenvalue weighted by atomic mass is 35.5. The highest BCUT2D eigenvalue weighted by Crippen LogP contribution is 2.29. The van der Waals surface area contributed by atoms with E-state index in [4.69, 9.17) is 33.2 Å². The van der Waals surface area contributed by atoms with Crippen molar-refractivity contribution >= 4 is 34.2 Å². The molecule has 4 rings (SSSR count). The predicted molar refractivity (Wildman–Crippen MR) is 111 cm³/mol. The molecule has 138 valence electrons. The Balaban J connectivity index is 1.90. The zero-order chi connectivity index (χ0) is 19.2. The second-order valence-electron chi connectivity index (χ2n) is 7.60. The molecule has 4 aromatic rings. The van der Waals surface area contributed by atoms with Crippen molar-refractivity contribution in [3.63, 3.8) is 0 Å². The number of aromatic nitrogens is 4. The summed E-state index contributed by atoms with van der Waals surface area (Å²) in [6.07, 6.45) is 6.02. The Hall–Kier alpha value is -2.30. The van der Waals surface area contributed by atoms with E-state index in [1.54, 1.807) is 6.07 Å². The lowest BCUT2D eigenvalue weighted by molar-refractivity contribution is 0.545. The molecule has 3 aromatic heterocycles. The largest absolute Gasteiger partial charge is 0.328 e. The first-order valence-electron chi connectivity index (χ1n) is 8.78. The average Bonchev–Trinajstić information content (AvgIpc) is 3.27. The molecule has 0 radical (unpaired) electrons. The van der Waals surface area contributed by atoms with E-state index in [9.17, 15) is 0 Å². The fourth-order valence-electron chi connectivity index (χ4n) is 3.04. The van der Waals surface area contributed by atoms with Crippen molar-refractivity contribution in [3.8, 4) is 5.82 Å². The van der Waals surface area contributed by atoms with Gasteiger partial charge in [0, 0.05) is 24.0 Å². The maximum absolute atomic E-state index is 6.40. The summed E-state index contributed by atoms with van der Waals surface area (Å²) in [6.45, 7) is 6.95. The molecule has 3 heterocycles. The van der Waals surface area contributed by atoms with Gasteiger partial charge in [-0.1, -0.05) is 56.1 Å². The van der Waals surface area contributed by atoms with Gasteiger partial charge >= 0.3 is 0 Å². The van der Waals surface area contributed by atoms with Gasteiger partial charge in [-0.2, -0.15) is 0 Å². The summed E-state index contributed by atoms with van der Waals surface area (Å²) in [4.78, 5) is 9.75. The van der Waals surface area contributed by atoms with Crippen molar-refractivity contribution in [2.45, 2.75) is 32.7 Å². The standard InChI is InChI=1S/C21H20Cl2N4/c1-21(2,3)20-24-18(26-10-4-5-11-26)15-9-12-27(19(15)25-20)13-14-7-6-8-16(22)17(14)23/h4-12H,13H2,1-3H3. The summed E-state index contributed by atoms with van der Waals surface area (Å²) in [5.41, 5.74) is 1.67. The number of benzene rings is 1. The van der Waals surface area contributed by atoms with Crippen LogP contribution in [0.3, 0.4) is 0 Å². The first-order chi connectivity index (χ1) is 12.8. The highest BCUT2D eigenvalue weighted by Gasteiger charge is 2.22. The lowest BCUT2D eigenvalue weighted by atomic mass is 9.95. The van der Waals surface area contributed by atoms with Gasteiger partial charge in [0.05, 0.1) is 22.0 Å². The third-order valence-corrected chi connectivity index (χ3v) is 5.35. The Morgan fingerprint density at radius 2 is 1.67 bits per heavy atom. The summed E-state index contributed by atoms with van der Waals surface area (Å²) in [5.74, 6) is 1.68. The molecular formula is C21H20Cl2N4. The fraction of sp³-hybridized carbons (Fsp3) is 0.238. The van der Waals surface area contributed by atoms with Gasteiger partial charge in [-0.25, -0.2) is 9.97 Å². The van der Waals surface area contributed by atoms with E-state index < -0.39 is 0 Å². The first-order valence-corrected chi connectivity index (χ1v) is 9.54. The topological polar surface area (TPSA) is 35.6 Å². The number of hydrogen-bond donors (Lipinski definition) is 0. The van der Waals surface area contributed by atoms with Crippen LogP contribution in [-0.2, 0) is 12.0 Å². The van der Waals surface area contributed by atoms with Gasteiger partial charge in [0.15, 0.2) is 0 Å². The quantitative estimate of drug-likeness (QED) is 0.432.